The number of halogens is 2. The Hall–Kier alpha value is -0.700. The molecule has 0 saturated carbocycles. The number of aliphatic hydroxyl groups is 1. The predicted octanol–water partition coefficient (Wildman–Crippen LogP) is 0.926. The van der Waals surface area contributed by atoms with Gasteiger partial charge in [-0.05, 0) is 34.5 Å². The third-order valence-corrected chi connectivity index (χ3v) is 5.33. The molecular weight excluding hydrogens is 327 g/mol. The van der Waals surface area contributed by atoms with E-state index in [1.807, 2.05) is 0 Å². The van der Waals surface area contributed by atoms with Crippen molar-refractivity contribution in [2.75, 3.05) is 18.8 Å². The Morgan fingerprint density at radius 1 is 1.50 bits per heavy atom. The van der Waals surface area contributed by atoms with Crippen LogP contribution in [0.25, 0.3) is 0 Å². The van der Waals surface area contributed by atoms with E-state index in [-0.39, 0.29) is 28.1 Å². The van der Waals surface area contributed by atoms with Gasteiger partial charge in [-0.3, -0.25) is 0 Å². The molecule has 1 aliphatic heterocycles. The molecule has 1 saturated heterocycles. The summed E-state index contributed by atoms with van der Waals surface area (Å²) in [6, 6.07) is 2.11. The van der Waals surface area contributed by atoms with Crippen molar-refractivity contribution in [1.82, 2.24) is 4.31 Å². The number of sulfonamides is 1. The van der Waals surface area contributed by atoms with Gasteiger partial charge in [-0.1, -0.05) is 0 Å². The van der Waals surface area contributed by atoms with Crippen molar-refractivity contribution in [1.29, 1.82) is 0 Å². The highest BCUT2D eigenvalue weighted by Gasteiger charge is 2.33. The van der Waals surface area contributed by atoms with E-state index in [4.69, 9.17) is 5.73 Å². The first kappa shape index (κ1) is 13.7. The number of anilines is 1. The molecule has 1 atom stereocenters. The van der Waals surface area contributed by atoms with Gasteiger partial charge in [0.1, 0.15) is 10.7 Å². The molecule has 18 heavy (non-hydrogen) atoms. The summed E-state index contributed by atoms with van der Waals surface area (Å²) in [5, 5.41) is 9.37. The number of nitrogens with two attached hydrogens (primary N) is 1. The van der Waals surface area contributed by atoms with E-state index in [9.17, 15) is 17.9 Å². The molecule has 5 nitrogen and oxygen atoms in total. The molecule has 8 heteroatoms. The monoisotopic (exact) mass is 338 g/mol. The number of hydrogen-bond acceptors (Lipinski definition) is 4. The first-order valence-corrected chi connectivity index (χ1v) is 7.48. The summed E-state index contributed by atoms with van der Waals surface area (Å²) in [5.74, 6) is -0.618. The van der Waals surface area contributed by atoms with Crippen molar-refractivity contribution in [3.8, 4) is 0 Å². The molecular formula is C10H12BrFN2O3S. The Bertz CT molecular complexity index is 579. The number of β-amino-alcohol motifs (C(OH)–C–C–N with tert-alkyl or cyclic N) is 1. The van der Waals surface area contributed by atoms with Crippen molar-refractivity contribution in [2.45, 2.75) is 17.4 Å². The van der Waals surface area contributed by atoms with Gasteiger partial charge in [0.15, 0.2) is 0 Å². The first-order chi connectivity index (χ1) is 8.32. The molecule has 100 valence electrons. The quantitative estimate of drug-likeness (QED) is 0.785. The van der Waals surface area contributed by atoms with Crippen molar-refractivity contribution in [2.24, 2.45) is 0 Å². The predicted molar refractivity (Wildman–Crippen MR) is 67.9 cm³/mol. The molecule has 1 aliphatic rings. The van der Waals surface area contributed by atoms with Crippen molar-refractivity contribution < 1.29 is 17.9 Å². The highest BCUT2D eigenvalue weighted by atomic mass is 79.9. The van der Waals surface area contributed by atoms with Crippen LogP contribution in [0.2, 0.25) is 0 Å². The molecule has 3 N–H and O–H groups in total. The van der Waals surface area contributed by atoms with Gasteiger partial charge >= 0.3 is 0 Å². The summed E-state index contributed by atoms with van der Waals surface area (Å²) in [4.78, 5) is -0.148. The normalized spacial score (nSPS) is 21.4. The zero-order valence-electron chi connectivity index (χ0n) is 9.31. The molecule has 1 aromatic rings. The standard InChI is InChI=1S/C10H12BrFN2O3S/c11-7-3-10(9(13)4-8(7)12)18(16,17)14-2-1-6(15)5-14/h3-4,6,15H,1-2,5,13H2. The van der Waals surface area contributed by atoms with Gasteiger partial charge in [-0.2, -0.15) is 4.31 Å². The Morgan fingerprint density at radius 3 is 2.72 bits per heavy atom. The number of aliphatic hydroxyl groups excluding tert-OH is 1. The molecule has 0 aliphatic carbocycles. The second-order valence-corrected chi connectivity index (χ2v) is 6.87. The molecule has 1 heterocycles. The second-order valence-electron chi connectivity index (χ2n) is 4.11. The van der Waals surface area contributed by atoms with Gasteiger partial charge < -0.3 is 10.8 Å². The maximum absolute atomic E-state index is 13.2. The van der Waals surface area contributed by atoms with E-state index in [2.05, 4.69) is 15.9 Å². The molecule has 1 aromatic carbocycles. The number of nitrogens with zero attached hydrogens (tertiary/aromatic N) is 1. The molecule has 0 aromatic heterocycles. The van der Waals surface area contributed by atoms with E-state index >= 15 is 0 Å². The van der Waals surface area contributed by atoms with Gasteiger partial charge in [0.25, 0.3) is 0 Å². The minimum absolute atomic E-state index is 0.0371. The summed E-state index contributed by atoms with van der Waals surface area (Å²) < 4.78 is 38.9. The number of rotatable bonds is 2. The fourth-order valence-electron chi connectivity index (χ4n) is 1.84. The van der Waals surface area contributed by atoms with Gasteiger partial charge in [-0.15, -0.1) is 0 Å². The SMILES string of the molecule is Nc1cc(F)c(Br)cc1S(=O)(=O)N1CCC(O)C1. The Labute approximate surface area is 113 Å². The maximum atomic E-state index is 13.2. The number of nitrogen functional groups attached to an aromatic ring is 1. The Balaban J connectivity index is 2.45. The van der Waals surface area contributed by atoms with E-state index in [1.54, 1.807) is 0 Å². The van der Waals surface area contributed by atoms with Crippen LogP contribution in [0, 0.1) is 5.82 Å². The lowest BCUT2D eigenvalue weighted by molar-refractivity contribution is 0.189. The fraction of sp³-hybridized carbons (Fsp3) is 0.400. The minimum atomic E-state index is -3.79. The van der Waals surface area contributed by atoms with Crippen LogP contribution in [0.3, 0.4) is 0 Å². The van der Waals surface area contributed by atoms with E-state index in [0.29, 0.717) is 6.42 Å². The third-order valence-electron chi connectivity index (χ3n) is 2.80. The summed E-state index contributed by atoms with van der Waals surface area (Å²) in [7, 11) is -3.79. The van der Waals surface area contributed by atoms with Crippen molar-refractivity contribution >= 4 is 31.6 Å². The second kappa shape index (κ2) is 4.76. The zero-order valence-corrected chi connectivity index (χ0v) is 11.7. The third kappa shape index (κ3) is 2.37. The summed E-state index contributed by atoms with van der Waals surface area (Å²) in [6.07, 6.45) is -0.272. The topological polar surface area (TPSA) is 83.6 Å². The molecule has 0 bridgehead atoms. The van der Waals surface area contributed by atoms with Gasteiger partial charge in [0.2, 0.25) is 10.0 Å². The van der Waals surface area contributed by atoms with Crippen LogP contribution in [0.1, 0.15) is 6.42 Å². The molecule has 0 amide bonds. The lowest BCUT2D eigenvalue weighted by Gasteiger charge is -2.17. The van der Waals surface area contributed by atoms with Crippen LogP contribution in [0.5, 0.6) is 0 Å². The van der Waals surface area contributed by atoms with Crippen LogP contribution in [-0.4, -0.2) is 37.0 Å². The molecule has 2 rings (SSSR count). The van der Waals surface area contributed by atoms with E-state index < -0.39 is 21.9 Å². The van der Waals surface area contributed by atoms with Crippen molar-refractivity contribution in [3.05, 3.63) is 22.4 Å². The average Bonchev–Trinajstić information content (AvgIpc) is 2.70. The molecule has 1 unspecified atom stereocenters. The molecule has 1 fully saturated rings. The van der Waals surface area contributed by atoms with Crippen LogP contribution < -0.4 is 5.73 Å². The lowest BCUT2D eigenvalue weighted by atomic mass is 10.3. The van der Waals surface area contributed by atoms with E-state index in [0.717, 1.165) is 16.4 Å². The molecule has 0 radical (unpaired) electrons. The van der Waals surface area contributed by atoms with Crippen LogP contribution in [-0.2, 0) is 10.0 Å². The summed E-state index contributed by atoms with van der Waals surface area (Å²) >= 11 is 2.93. The smallest absolute Gasteiger partial charge is 0.245 e. The highest BCUT2D eigenvalue weighted by Crippen LogP contribution is 2.30. The number of hydrogen-bond donors (Lipinski definition) is 2. The van der Waals surface area contributed by atoms with Crippen LogP contribution in [0.4, 0.5) is 10.1 Å². The largest absolute Gasteiger partial charge is 0.398 e. The first-order valence-electron chi connectivity index (χ1n) is 5.25. The fourth-order valence-corrected chi connectivity index (χ4v) is 3.95. The van der Waals surface area contributed by atoms with Gasteiger partial charge in [0.05, 0.1) is 16.3 Å². The Kier molecular flexibility index (Phi) is 3.63. The highest BCUT2D eigenvalue weighted by molar-refractivity contribution is 9.10. The summed E-state index contributed by atoms with van der Waals surface area (Å²) in [6.45, 7) is 0.273. The van der Waals surface area contributed by atoms with Gasteiger partial charge in [0, 0.05) is 13.1 Å². The van der Waals surface area contributed by atoms with Crippen molar-refractivity contribution in [3.63, 3.8) is 0 Å². The Morgan fingerprint density at radius 2 is 2.17 bits per heavy atom. The van der Waals surface area contributed by atoms with E-state index in [1.165, 1.54) is 0 Å². The zero-order chi connectivity index (χ0) is 13.5. The molecule has 0 spiro atoms. The summed E-state index contributed by atoms with van der Waals surface area (Å²) in [5.41, 5.74) is 5.41. The van der Waals surface area contributed by atoms with Crippen LogP contribution >= 0.6 is 15.9 Å². The minimum Gasteiger partial charge on any atom is -0.398 e. The average molecular weight is 339 g/mol. The maximum Gasteiger partial charge on any atom is 0.245 e. The number of benzene rings is 1. The lowest BCUT2D eigenvalue weighted by Crippen LogP contribution is -2.30. The van der Waals surface area contributed by atoms with Gasteiger partial charge in [-0.25, -0.2) is 12.8 Å². The van der Waals surface area contributed by atoms with Crippen LogP contribution in [0.15, 0.2) is 21.5 Å².